The van der Waals surface area contributed by atoms with Gasteiger partial charge in [-0.05, 0) is 39.8 Å². The Bertz CT molecular complexity index is 531. The summed E-state index contributed by atoms with van der Waals surface area (Å²) >= 11 is 0. The predicted octanol–water partition coefficient (Wildman–Crippen LogP) is 1.77. The average Bonchev–Trinajstić information content (AvgIpc) is 2.95. The molecule has 1 aromatic heterocycles. The van der Waals surface area contributed by atoms with E-state index in [1.807, 2.05) is 17.9 Å². The van der Waals surface area contributed by atoms with E-state index in [1.165, 1.54) is 6.33 Å². The summed E-state index contributed by atoms with van der Waals surface area (Å²) in [4.78, 5) is 25.5. The topological polar surface area (TPSA) is 61.4 Å². The van der Waals surface area contributed by atoms with Crippen LogP contribution in [0.25, 0.3) is 0 Å². The minimum atomic E-state index is -0.231. The summed E-state index contributed by atoms with van der Waals surface area (Å²) in [5.74, 6) is 1.34. The Morgan fingerprint density at radius 3 is 2.74 bits per heavy atom. The van der Waals surface area contributed by atoms with E-state index in [0.717, 1.165) is 37.4 Å². The van der Waals surface area contributed by atoms with Gasteiger partial charge in [-0.1, -0.05) is 13.8 Å². The van der Waals surface area contributed by atoms with Gasteiger partial charge in [0.2, 0.25) is 5.91 Å². The summed E-state index contributed by atoms with van der Waals surface area (Å²) in [5.41, 5.74) is 0.895. The highest BCUT2D eigenvalue weighted by Crippen LogP contribution is 2.19. The fourth-order valence-corrected chi connectivity index (χ4v) is 2.99. The summed E-state index contributed by atoms with van der Waals surface area (Å²) in [5, 5.41) is 3.32. The van der Waals surface area contributed by atoms with Crippen molar-refractivity contribution in [2.75, 3.05) is 32.5 Å². The molecule has 0 saturated carbocycles. The molecule has 128 valence electrons. The SMILES string of the molecule is Cc1cc(N[C@@H](CC(C)C)C(=O)N2CCC(N(C)C)C2)ncn1. The number of hydrogen-bond donors (Lipinski definition) is 1. The Balaban J connectivity index is 2.07. The Morgan fingerprint density at radius 2 is 2.17 bits per heavy atom. The van der Waals surface area contributed by atoms with Gasteiger partial charge in [0, 0.05) is 30.9 Å². The minimum Gasteiger partial charge on any atom is -0.358 e. The molecule has 1 saturated heterocycles. The number of likely N-dealkylation sites (N-methyl/N-ethyl adjacent to an activating group) is 1. The van der Waals surface area contributed by atoms with Crippen LogP contribution in [0.1, 0.15) is 32.4 Å². The van der Waals surface area contributed by atoms with Crippen LogP contribution in [0.15, 0.2) is 12.4 Å². The molecule has 0 aliphatic carbocycles. The third-order valence-electron chi connectivity index (χ3n) is 4.34. The van der Waals surface area contributed by atoms with Gasteiger partial charge in [-0.15, -0.1) is 0 Å². The molecule has 1 aliphatic rings. The Hall–Kier alpha value is -1.69. The fourth-order valence-electron chi connectivity index (χ4n) is 2.99. The van der Waals surface area contributed by atoms with Crippen LogP contribution in [0, 0.1) is 12.8 Å². The zero-order chi connectivity index (χ0) is 17.0. The van der Waals surface area contributed by atoms with Crippen LogP contribution < -0.4 is 5.32 Å². The smallest absolute Gasteiger partial charge is 0.245 e. The van der Waals surface area contributed by atoms with E-state index in [4.69, 9.17) is 0 Å². The molecule has 2 rings (SSSR count). The van der Waals surface area contributed by atoms with E-state index in [2.05, 4.69) is 48.1 Å². The molecule has 2 heterocycles. The van der Waals surface area contributed by atoms with Gasteiger partial charge in [-0.25, -0.2) is 9.97 Å². The van der Waals surface area contributed by atoms with Gasteiger partial charge in [0.05, 0.1) is 0 Å². The number of anilines is 1. The minimum absolute atomic E-state index is 0.180. The van der Waals surface area contributed by atoms with Crippen molar-refractivity contribution < 1.29 is 4.79 Å². The Labute approximate surface area is 139 Å². The number of nitrogens with one attached hydrogen (secondary N) is 1. The van der Waals surface area contributed by atoms with Crippen LogP contribution in [-0.2, 0) is 4.79 Å². The van der Waals surface area contributed by atoms with Crippen LogP contribution in [0.3, 0.4) is 0 Å². The second-order valence-corrected chi connectivity index (χ2v) is 7.06. The highest BCUT2D eigenvalue weighted by atomic mass is 16.2. The normalized spacial score (nSPS) is 19.4. The van der Waals surface area contributed by atoms with Gasteiger partial charge in [0.15, 0.2) is 0 Å². The number of amides is 1. The molecule has 1 fully saturated rings. The molecular weight excluding hydrogens is 290 g/mol. The van der Waals surface area contributed by atoms with Gasteiger partial charge in [0.1, 0.15) is 18.2 Å². The van der Waals surface area contributed by atoms with Crippen LogP contribution >= 0.6 is 0 Å². The molecular formula is C17H29N5O. The van der Waals surface area contributed by atoms with Crippen LogP contribution in [0.2, 0.25) is 0 Å². The van der Waals surface area contributed by atoms with Crippen molar-refractivity contribution in [3.63, 3.8) is 0 Å². The van der Waals surface area contributed by atoms with Crippen LogP contribution in [-0.4, -0.2) is 64.9 Å². The first-order valence-corrected chi connectivity index (χ1v) is 8.37. The number of carbonyl (C=O) groups is 1. The fraction of sp³-hybridized carbons (Fsp3) is 0.706. The van der Waals surface area contributed by atoms with Crippen molar-refractivity contribution in [3.05, 3.63) is 18.1 Å². The maximum absolute atomic E-state index is 12.9. The lowest BCUT2D eigenvalue weighted by Crippen LogP contribution is -2.44. The largest absolute Gasteiger partial charge is 0.358 e. The number of rotatable bonds is 6. The number of likely N-dealkylation sites (tertiary alicyclic amines) is 1. The lowest BCUT2D eigenvalue weighted by molar-refractivity contribution is -0.131. The molecule has 6 heteroatoms. The van der Waals surface area contributed by atoms with Crippen molar-refractivity contribution in [1.82, 2.24) is 19.8 Å². The molecule has 1 N–H and O–H groups in total. The van der Waals surface area contributed by atoms with Gasteiger partial charge in [0.25, 0.3) is 0 Å². The number of carbonyl (C=O) groups excluding carboxylic acids is 1. The summed E-state index contributed by atoms with van der Waals surface area (Å²) in [6.45, 7) is 7.85. The number of aryl methyl sites for hydroxylation is 1. The molecule has 1 aliphatic heterocycles. The van der Waals surface area contributed by atoms with E-state index >= 15 is 0 Å². The molecule has 1 unspecified atom stereocenters. The molecule has 0 aromatic carbocycles. The van der Waals surface area contributed by atoms with Gasteiger partial charge in [-0.3, -0.25) is 4.79 Å². The maximum atomic E-state index is 12.9. The first-order chi connectivity index (χ1) is 10.9. The zero-order valence-corrected chi connectivity index (χ0v) is 14.9. The molecule has 6 nitrogen and oxygen atoms in total. The van der Waals surface area contributed by atoms with Crippen LogP contribution in [0.4, 0.5) is 5.82 Å². The van der Waals surface area contributed by atoms with Gasteiger partial charge in [-0.2, -0.15) is 0 Å². The molecule has 0 radical (unpaired) electrons. The van der Waals surface area contributed by atoms with Crippen LogP contribution in [0.5, 0.6) is 0 Å². The Kier molecular flexibility index (Phi) is 5.93. The van der Waals surface area contributed by atoms with E-state index in [1.54, 1.807) is 0 Å². The lowest BCUT2D eigenvalue weighted by atomic mass is 10.0. The summed E-state index contributed by atoms with van der Waals surface area (Å²) in [6, 6.07) is 2.11. The standard InChI is InChI=1S/C17H29N5O/c1-12(2)8-15(20-16-9-13(3)18-11-19-16)17(23)22-7-6-14(10-22)21(4)5/h9,11-12,14-15H,6-8,10H2,1-5H3,(H,18,19,20)/t14?,15-/m0/s1. The van der Waals surface area contributed by atoms with Crippen molar-refractivity contribution in [3.8, 4) is 0 Å². The second-order valence-electron chi connectivity index (χ2n) is 7.06. The molecule has 0 spiro atoms. The summed E-state index contributed by atoms with van der Waals surface area (Å²) < 4.78 is 0. The van der Waals surface area contributed by atoms with E-state index < -0.39 is 0 Å². The monoisotopic (exact) mass is 319 g/mol. The predicted molar refractivity (Wildman–Crippen MR) is 92.3 cm³/mol. The number of hydrogen-bond acceptors (Lipinski definition) is 5. The summed E-state index contributed by atoms with van der Waals surface area (Å²) in [7, 11) is 4.15. The molecule has 2 atom stereocenters. The third kappa shape index (κ3) is 4.89. The second kappa shape index (κ2) is 7.73. The van der Waals surface area contributed by atoms with Crippen molar-refractivity contribution >= 4 is 11.7 Å². The maximum Gasteiger partial charge on any atom is 0.245 e. The van der Waals surface area contributed by atoms with Gasteiger partial charge >= 0.3 is 0 Å². The summed E-state index contributed by atoms with van der Waals surface area (Å²) in [6.07, 6.45) is 3.37. The molecule has 0 bridgehead atoms. The van der Waals surface area contributed by atoms with E-state index in [-0.39, 0.29) is 11.9 Å². The number of aromatic nitrogens is 2. The van der Waals surface area contributed by atoms with E-state index in [0.29, 0.717) is 12.0 Å². The molecule has 1 aromatic rings. The lowest BCUT2D eigenvalue weighted by Gasteiger charge is -2.26. The van der Waals surface area contributed by atoms with E-state index in [9.17, 15) is 4.79 Å². The highest BCUT2D eigenvalue weighted by molar-refractivity contribution is 5.84. The average molecular weight is 319 g/mol. The first-order valence-electron chi connectivity index (χ1n) is 8.37. The van der Waals surface area contributed by atoms with Crippen molar-refractivity contribution in [2.24, 2.45) is 5.92 Å². The van der Waals surface area contributed by atoms with Crippen molar-refractivity contribution in [1.29, 1.82) is 0 Å². The Morgan fingerprint density at radius 1 is 1.43 bits per heavy atom. The highest BCUT2D eigenvalue weighted by Gasteiger charge is 2.32. The first kappa shape index (κ1) is 17.7. The molecule has 1 amide bonds. The third-order valence-corrected chi connectivity index (χ3v) is 4.34. The number of nitrogens with zero attached hydrogens (tertiary/aromatic N) is 4. The van der Waals surface area contributed by atoms with Gasteiger partial charge < -0.3 is 15.1 Å². The quantitative estimate of drug-likeness (QED) is 0.866. The zero-order valence-electron chi connectivity index (χ0n) is 14.9. The molecule has 23 heavy (non-hydrogen) atoms. The van der Waals surface area contributed by atoms with Crippen molar-refractivity contribution in [2.45, 2.75) is 45.7 Å².